The van der Waals surface area contributed by atoms with Crippen molar-refractivity contribution in [3.8, 4) is 0 Å². The summed E-state index contributed by atoms with van der Waals surface area (Å²) in [4.78, 5) is 30.2. The number of rotatable bonds is 7. The Bertz CT molecular complexity index is 1180. The number of aromatic nitrogens is 4. The van der Waals surface area contributed by atoms with Crippen LogP contribution in [0.2, 0.25) is 5.02 Å². The largest absolute Gasteiger partial charge is 0.469 e. The second-order valence-corrected chi connectivity index (χ2v) is 8.61. The van der Waals surface area contributed by atoms with Crippen molar-refractivity contribution in [1.82, 2.24) is 19.5 Å². The lowest BCUT2D eigenvalue weighted by atomic mass is 10.1. The van der Waals surface area contributed by atoms with E-state index in [0.717, 1.165) is 0 Å². The van der Waals surface area contributed by atoms with Gasteiger partial charge in [0.15, 0.2) is 23.2 Å². The van der Waals surface area contributed by atoms with Crippen LogP contribution in [0.25, 0.3) is 11.2 Å². The number of hydrogen-bond donors (Lipinski definition) is 5. The number of halogens is 2. The minimum atomic E-state index is -4.78. The van der Waals surface area contributed by atoms with Crippen molar-refractivity contribution in [3.05, 3.63) is 47.3 Å². The van der Waals surface area contributed by atoms with E-state index in [2.05, 4.69) is 24.8 Å². The first-order valence-corrected chi connectivity index (χ1v) is 11.1. The third kappa shape index (κ3) is 4.75. The van der Waals surface area contributed by atoms with Gasteiger partial charge in [-0.2, -0.15) is 0 Å². The molecule has 4 rings (SSSR count). The number of imidazole rings is 1. The molecule has 3 heterocycles. The van der Waals surface area contributed by atoms with Crippen molar-refractivity contribution in [2.75, 3.05) is 11.9 Å². The van der Waals surface area contributed by atoms with Gasteiger partial charge in [0.05, 0.1) is 12.9 Å². The fourth-order valence-electron chi connectivity index (χ4n) is 3.28. The number of nitrogens with one attached hydrogen (secondary N) is 1. The fourth-order valence-corrected chi connectivity index (χ4v) is 3.85. The Balaban J connectivity index is 1.54. The number of benzene rings is 1. The molecule has 15 heteroatoms. The minimum absolute atomic E-state index is 0.223. The van der Waals surface area contributed by atoms with Crippen molar-refractivity contribution >= 4 is 36.4 Å². The highest BCUT2D eigenvalue weighted by molar-refractivity contribution is 7.46. The van der Waals surface area contributed by atoms with Gasteiger partial charge in [-0.15, -0.1) is 0 Å². The highest BCUT2D eigenvalue weighted by atomic mass is 35.5. The molecule has 172 valence electrons. The van der Waals surface area contributed by atoms with Crippen LogP contribution in [0, 0.1) is 5.82 Å². The van der Waals surface area contributed by atoms with Gasteiger partial charge in [0, 0.05) is 11.6 Å². The van der Waals surface area contributed by atoms with Gasteiger partial charge in [-0.1, -0.05) is 17.7 Å². The molecular weight excluding hydrogens is 472 g/mol. The second kappa shape index (κ2) is 8.96. The summed E-state index contributed by atoms with van der Waals surface area (Å²) in [5.74, 6) is -0.118. The van der Waals surface area contributed by atoms with E-state index >= 15 is 0 Å². The molecule has 2 aromatic heterocycles. The lowest BCUT2D eigenvalue weighted by molar-refractivity contribution is -0.0504. The number of phosphoric ester groups is 1. The molecule has 0 radical (unpaired) electrons. The number of aliphatic hydroxyl groups is 2. The number of nitrogens with zero attached hydrogens (tertiary/aromatic N) is 4. The number of phosphoric acid groups is 1. The van der Waals surface area contributed by atoms with Crippen LogP contribution in [0.5, 0.6) is 0 Å². The quantitative estimate of drug-likeness (QED) is 0.299. The Morgan fingerprint density at radius 3 is 2.75 bits per heavy atom. The first kappa shape index (κ1) is 23.0. The number of anilines is 1. The van der Waals surface area contributed by atoms with E-state index in [9.17, 15) is 19.2 Å². The lowest BCUT2D eigenvalue weighted by Crippen LogP contribution is -2.33. The Morgan fingerprint density at radius 2 is 2.03 bits per heavy atom. The number of hydrogen-bond acceptors (Lipinski definition) is 9. The number of ether oxygens (including phenoxy) is 1. The lowest BCUT2D eigenvalue weighted by Gasteiger charge is -2.16. The van der Waals surface area contributed by atoms with Crippen molar-refractivity contribution < 1.29 is 38.2 Å². The third-order valence-corrected chi connectivity index (χ3v) is 5.68. The normalized spacial score (nSPS) is 23.7. The molecule has 0 aliphatic carbocycles. The van der Waals surface area contributed by atoms with Crippen LogP contribution in [0.1, 0.15) is 11.8 Å². The zero-order chi connectivity index (χ0) is 23.0. The van der Waals surface area contributed by atoms with E-state index < -0.39 is 44.8 Å². The molecule has 0 amide bonds. The highest BCUT2D eigenvalue weighted by Crippen LogP contribution is 2.39. The monoisotopic (exact) mass is 489 g/mol. The Hall–Kier alpha value is -2.22. The Kier molecular flexibility index (Phi) is 6.43. The van der Waals surface area contributed by atoms with Gasteiger partial charge in [0.2, 0.25) is 0 Å². The molecule has 0 saturated carbocycles. The van der Waals surface area contributed by atoms with Crippen LogP contribution >= 0.6 is 19.4 Å². The van der Waals surface area contributed by atoms with Crippen molar-refractivity contribution in [2.45, 2.75) is 31.1 Å². The number of fused-ring (bicyclic) bond motifs is 1. The van der Waals surface area contributed by atoms with E-state index in [4.69, 9.17) is 26.1 Å². The maximum atomic E-state index is 13.2. The molecule has 1 saturated heterocycles. The fraction of sp³-hybridized carbons (Fsp3) is 0.353. The van der Waals surface area contributed by atoms with Gasteiger partial charge >= 0.3 is 7.82 Å². The Morgan fingerprint density at radius 1 is 1.25 bits per heavy atom. The first-order chi connectivity index (χ1) is 15.1. The van der Waals surface area contributed by atoms with Crippen molar-refractivity contribution in [1.29, 1.82) is 0 Å². The zero-order valence-corrected chi connectivity index (χ0v) is 17.8. The predicted molar refractivity (Wildman–Crippen MR) is 108 cm³/mol. The van der Waals surface area contributed by atoms with Gasteiger partial charge in [-0.25, -0.2) is 23.9 Å². The van der Waals surface area contributed by atoms with E-state index in [1.54, 1.807) is 0 Å². The maximum absolute atomic E-state index is 13.2. The zero-order valence-electron chi connectivity index (χ0n) is 16.1. The van der Waals surface area contributed by atoms with Crippen LogP contribution in [-0.2, 0) is 20.4 Å². The van der Waals surface area contributed by atoms with Crippen LogP contribution in [0.3, 0.4) is 0 Å². The predicted octanol–water partition coefficient (Wildman–Crippen LogP) is 0.959. The van der Waals surface area contributed by atoms with Crippen LogP contribution < -0.4 is 5.32 Å². The standard InChI is InChI=1S/C17H18ClFN5O7P/c18-10-3-9(19)2-1-8(10)4-20-15-12-16(22-6-21-15)24(7-23-12)17-14(26)13(25)11(31-17)5-30-32(27,28)29/h1-3,6-7,11,13-14,17,25-26H,4-5H2,(H,20,21,22)(H2,27,28,29)/t11-,13-,14-,17-/m1/s1. The van der Waals surface area contributed by atoms with E-state index in [-0.39, 0.29) is 17.2 Å². The second-order valence-electron chi connectivity index (χ2n) is 6.97. The molecule has 12 nitrogen and oxygen atoms in total. The molecule has 1 aromatic carbocycles. The average molecular weight is 490 g/mol. The van der Waals surface area contributed by atoms with Gasteiger partial charge < -0.3 is 30.1 Å². The summed E-state index contributed by atoms with van der Waals surface area (Å²) >= 11 is 6.04. The summed E-state index contributed by atoms with van der Waals surface area (Å²) in [6, 6.07) is 4.01. The van der Waals surface area contributed by atoms with E-state index in [0.29, 0.717) is 16.9 Å². The van der Waals surface area contributed by atoms with Gasteiger partial charge in [-0.3, -0.25) is 9.09 Å². The third-order valence-electron chi connectivity index (χ3n) is 4.84. The SMILES string of the molecule is O=P(O)(O)OC[C@H]1O[C@@H](n2cnc3c(NCc4ccc(F)cc4Cl)ncnc32)[C@H](O)[C@@H]1O. The van der Waals surface area contributed by atoms with Gasteiger partial charge in [0.1, 0.15) is 30.5 Å². The summed E-state index contributed by atoms with van der Waals surface area (Å²) in [7, 11) is -4.78. The molecule has 0 bridgehead atoms. The molecule has 1 aliphatic heterocycles. The van der Waals surface area contributed by atoms with Gasteiger partial charge in [0.25, 0.3) is 0 Å². The highest BCUT2D eigenvalue weighted by Gasteiger charge is 2.45. The maximum Gasteiger partial charge on any atom is 0.469 e. The van der Waals surface area contributed by atoms with E-state index in [1.807, 2.05) is 0 Å². The van der Waals surface area contributed by atoms with Crippen LogP contribution in [0.15, 0.2) is 30.9 Å². The minimum Gasteiger partial charge on any atom is -0.387 e. The topological polar surface area (TPSA) is 172 Å². The van der Waals surface area contributed by atoms with Crippen molar-refractivity contribution in [2.24, 2.45) is 0 Å². The molecule has 1 fully saturated rings. The average Bonchev–Trinajstić information content (AvgIpc) is 3.27. The summed E-state index contributed by atoms with van der Waals surface area (Å²) < 4.78 is 35.4. The molecule has 4 atom stereocenters. The summed E-state index contributed by atoms with van der Waals surface area (Å²) in [6.45, 7) is -0.410. The number of aliphatic hydroxyl groups excluding tert-OH is 2. The van der Waals surface area contributed by atoms with Crippen LogP contribution in [-0.4, -0.2) is 64.4 Å². The molecule has 0 unspecified atom stereocenters. The molecule has 3 aromatic rings. The van der Waals surface area contributed by atoms with Crippen molar-refractivity contribution in [3.63, 3.8) is 0 Å². The summed E-state index contributed by atoms with van der Waals surface area (Å²) in [6.07, 6.45) is -2.68. The van der Waals surface area contributed by atoms with Gasteiger partial charge in [-0.05, 0) is 17.7 Å². The Labute approximate surface area is 184 Å². The van der Waals surface area contributed by atoms with E-state index in [1.165, 1.54) is 35.4 Å². The molecule has 5 N–H and O–H groups in total. The summed E-state index contributed by atoms with van der Waals surface area (Å²) in [5, 5.41) is 23.8. The molecule has 1 aliphatic rings. The summed E-state index contributed by atoms with van der Waals surface area (Å²) in [5.41, 5.74) is 1.22. The first-order valence-electron chi connectivity index (χ1n) is 9.21. The molecule has 0 spiro atoms. The molecular formula is C17H18ClFN5O7P. The van der Waals surface area contributed by atoms with Crippen LogP contribution in [0.4, 0.5) is 10.2 Å². The molecule has 32 heavy (non-hydrogen) atoms. The smallest absolute Gasteiger partial charge is 0.387 e.